The predicted octanol–water partition coefficient (Wildman–Crippen LogP) is 1.23. The lowest BCUT2D eigenvalue weighted by Crippen LogP contribution is -2.45. The molecule has 2 aliphatic heterocycles. The zero-order valence-electron chi connectivity index (χ0n) is 21.8. The lowest BCUT2D eigenvalue weighted by molar-refractivity contribution is -0.134. The van der Waals surface area contributed by atoms with Crippen molar-refractivity contribution in [2.75, 3.05) is 53.6 Å². The number of nitrogens with zero attached hydrogens (tertiary/aromatic N) is 3. The van der Waals surface area contributed by atoms with E-state index in [2.05, 4.69) is 11.4 Å². The van der Waals surface area contributed by atoms with Gasteiger partial charge in [0.25, 0.3) is 10.1 Å². The zero-order valence-corrected chi connectivity index (χ0v) is 22.6. The fourth-order valence-electron chi connectivity index (χ4n) is 4.37. The lowest BCUT2D eigenvalue weighted by Gasteiger charge is -2.24. The molecule has 0 spiro atoms. The summed E-state index contributed by atoms with van der Waals surface area (Å²) in [6, 6.07) is 7.61. The molecule has 2 heterocycles. The lowest BCUT2D eigenvalue weighted by atomic mass is 10.00. The minimum Gasteiger partial charge on any atom is -0.383 e. The third kappa shape index (κ3) is 9.68. The van der Waals surface area contributed by atoms with Gasteiger partial charge in [-0.3, -0.25) is 14.1 Å². The third-order valence-corrected chi connectivity index (χ3v) is 7.34. The van der Waals surface area contributed by atoms with E-state index in [9.17, 15) is 18.0 Å². The second-order valence-corrected chi connectivity index (χ2v) is 10.7. The number of amides is 2. The number of ether oxygens (including phenoxy) is 2. The summed E-state index contributed by atoms with van der Waals surface area (Å²) >= 11 is 0. The molecule has 0 radical (unpaired) electrons. The first kappa shape index (κ1) is 30.7. The summed E-state index contributed by atoms with van der Waals surface area (Å²) in [5, 5.41) is 12.4. The maximum atomic E-state index is 12.6. The first-order chi connectivity index (χ1) is 17.6. The van der Waals surface area contributed by atoms with Crippen LogP contribution in [0, 0.1) is 24.2 Å². The highest BCUT2D eigenvalue weighted by atomic mass is 32.2. The van der Waals surface area contributed by atoms with Gasteiger partial charge in [-0.15, -0.1) is 0 Å². The predicted molar refractivity (Wildman–Crippen MR) is 136 cm³/mol. The van der Waals surface area contributed by atoms with Crippen LogP contribution in [0.3, 0.4) is 0 Å². The van der Waals surface area contributed by atoms with Gasteiger partial charge >= 0.3 is 0 Å². The van der Waals surface area contributed by atoms with Gasteiger partial charge in [0.1, 0.15) is 6.04 Å². The maximum Gasteiger partial charge on any atom is 0.294 e. The number of nitriles is 1. The molecule has 0 aliphatic carbocycles. The van der Waals surface area contributed by atoms with Crippen molar-refractivity contribution < 1.29 is 32.0 Å². The van der Waals surface area contributed by atoms with Gasteiger partial charge in [0.2, 0.25) is 11.8 Å². The first-order valence-corrected chi connectivity index (χ1v) is 13.8. The minimum atomic E-state index is -4.02. The van der Waals surface area contributed by atoms with Crippen LogP contribution in [0.4, 0.5) is 0 Å². The Labute approximate surface area is 219 Å². The van der Waals surface area contributed by atoms with E-state index in [1.807, 2.05) is 6.92 Å². The molecule has 1 aromatic carbocycles. The highest BCUT2D eigenvalue weighted by Gasteiger charge is 2.37. The van der Waals surface area contributed by atoms with Gasteiger partial charge in [-0.2, -0.15) is 13.7 Å². The van der Waals surface area contributed by atoms with Crippen molar-refractivity contribution in [3.63, 3.8) is 0 Å². The van der Waals surface area contributed by atoms with Gasteiger partial charge in [-0.25, -0.2) is 0 Å². The summed E-state index contributed by atoms with van der Waals surface area (Å²) in [6.07, 6.45) is 2.69. The van der Waals surface area contributed by atoms with Gasteiger partial charge in [0.05, 0.1) is 30.2 Å². The second-order valence-electron chi connectivity index (χ2n) is 9.24. The zero-order chi connectivity index (χ0) is 27.4. The number of carbonyl (C=O) groups excluding carboxylic acids is 2. The highest BCUT2D eigenvalue weighted by Crippen LogP contribution is 2.24. The summed E-state index contributed by atoms with van der Waals surface area (Å²) in [5.74, 6) is 0.196. The molecule has 2 aliphatic rings. The highest BCUT2D eigenvalue weighted by molar-refractivity contribution is 7.85. The number of likely N-dealkylation sites (tertiary alicyclic amines) is 1. The number of hydrogen-bond acceptors (Lipinski definition) is 8. The van der Waals surface area contributed by atoms with E-state index in [0.29, 0.717) is 52.2 Å². The molecule has 1 aromatic rings. The van der Waals surface area contributed by atoms with Crippen LogP contribution in [-0.2, 0) is 29.2 Å². The molecule has 2 amide bonds. The molecule has 12 heteroatoms. The Morgan fingerprint density at radius 2 is 1.81 bits per heavy atom. The topological polar surface area (TPSA) is 149 Å². The van der Waals surface area contributed by atoms with Crippen molar-refractivity contribution in [2.45, 2.75) is 49.6 Å². The van der Waals surface area contributed by atoms with Crippen molar-refractivity contribution >= 4 is 21.9 Å². The Morgan fingerprint density at radius 1 is 1.19 bits per heavy atom. The van der Waals surface area contributed by atoms with Crippen LogP contribution in [0.25, 0.3) is 0 Å². The maximum absolute atomic E-state index is 12.6. The average molecular weight is 539 g/mol. The number of hydrogen-bond donors (Lipinski definition) is 2. The number of aryl methyl sites for hydroxylation is 1. The summed E-state index contributed by atoms with van der Waals surface area (Å²) in [5.41, 5.74) is 0.956. The third-order valence-electron chi connectivity index (χ3n) is 6.47. The normalized spacial score (nSPS) is 21.2. The van der Waals surface area contributed by atoms with Crippen molar-refractivity contribution in [2.24, 2.45) is 5.92 Å². The first-order valence-electron chi connectivity index (χ1n) is 12.3. The van der Waals surface area contributed by atoms with E-state index in [-0.39, 0.29) is 34.7 Å². The molecule has 0 saturated carbocycles. The Balaban J connectivity index is 0.000000364. The van der Waals surface area contributed by atoms with Gasteiger partial charge in [0, 0.05) is 40.3 Å². The van der Waals surface area contributed by atoms with Crippen LogP contribution < -0.4 is 5.32 Å². The Hall–Kier alpha value is -2.56. The number of rotatable bonds is 10. The van der Waals surface area contributed by atoms with Crippen molar-refractivity contribution in [3.8, 4) is 6.07 Å². The number of benzene rings is 1. The fourth-order valence-corrected chi connectivity index (χ4v) is 4.85. The Morgan fingerprint density at radius 3 is 2.35 bits per heavy atom. The van der Waals surface area contributed by atoms with E-state index in [0.717, 1.165) is 18.4 Å². The number of nitrogens with one attached hydrogen (secondary N) is 1. The van der Waals surface area contributed by atoms with E-state index in [1.54, 1.807) is 36.2 Å². The van der Waals surface area contributed by atoms with E-state index in [1.165, 1.54) is 12.1 Å². The van der Waals surface area contributed by atoms with Gasteiger partial charge in [-0.1, -0.05) is 17.7 Å². The molecule has 0 aromatic heterocycles. The summed E-state index contributed by atoms with van der Waals surface area (Å²) in [7, 11) is -0.792. The summed E-state index contributed by atoms with van der Waals surface area (Å²) < 4.78 is 39.7. The molecular formula is C25H38N4O7S. The molecular weight excluding hydrogens is 500 g/mol. The quantitative estimate of drug-likeness (QED) is 0.419. The molecule has 0 unspecified atom stereocenters. The molecule has 0 bridgehead atoms. The molecule has 2 N–H and O–H groups in total. The standard InChI is InChI=1S/C18H30N4O4.C7H8O3S/c1-25-8-6-21(7-9-26-2)17(23)11-14-10-16(20-13-14)18(24)22-5-3-4-15(22)12-19;1-6-2-4-7(5-3-6)11(8,9)10/h14-16,20H,3-11,13H2,1-2H3;2-5H,1H3,(H,8,9,10)/t14-,15+,16+;/m1./s1. The van der Waals surface area contributed by atoms with Crippen LogP contribution in [0.15, 0.2) is 29.2 Å². The van der Waals surface area contributed by atoms with Crippen LogP contribution in [0.1, 0.15) is 31.2 Å². The van der Waals surface area contributed by atoms with Gasteiger partial charge in [0.15, 0.2) is 0 Å². The molecule has 11 nitrogen and oxygen atoms in total. The van der Waals surface area contributed by atoms with E-state index in [4.69, 9.17) is 19.3 Å². The van der Waals surface area contributed by atoms with Gasteiger partial charge in [-0.05, 0) is 50.8 Å². The molecule has 2 saturated heterocycles. The summed E-state index contributed by atoms with van der Waals surface area (Å²) in [6.45, 7) is 5.20. The Bertz CT molecular complexity index is 1020. The molecule has 3 rings (SSSR count). The molecule has 206 valence electrons. The van der Waals surface area contributed by atoms with Crippen molar-refractivity contribution in [1.82, 2.24) is 15.1 Å². The van der Waals surface area contributed by atoms with Crippen molar-refractivity contribution in [3.05, 3.63) is 29.8 Å². The largest absolute Gasteiger partial charge is 0.383 e. The average Bonchev–Trinajstić information content (AvgIpc) is 3.53. The van der Waals surface area contributed by atoms with Crippen LogP contribution in [0.5, 0.6) is 0 Å². The van der Waals surface area contributed by atoms with Gasteiger partial charge < -0.3 is 24.6 Å². The summed E-state index contributed by atoms with van der Waals surface area (Å²) in [4.78, 5) is 28.6. The molecule has 37 heavy (non-hydrogen) atoms. The Kier molecular flexibility index (Phi) is 12.4. The number of carbonyl (C=O) groups is 2. The van der Waals surface area contributed by atoms with Crippen LogP contribution in [-0.4, -0.2) is 100 Å². The van der Waals surface area contributed by atoms with Crippen LogP contribution >= 0.6 is 0 Å². The second kappa shape index (κ2) is 15.0. The molecule has 3 atom stereocenters. The number of methoxy groups -OCH3 is 2. The minimum absolute atomic E-state index is 0.000351. The van der Waals surface area contributed by atoms with E-state index >= 15 is 0 Å². The van der Waals surface area contributed by atoms with E-state index < -0.39 is 10.1 Å². The smallest absolute Gasteiger partial charge is 0.294 e. The van der Waals surface area contributed by atoms with Crippen LogP contribution in [0.2, 0.25) is 0 Å². The molecule has 2 fully saturated rings. The monoisotopic (exact) mass is 538 g/mol. The fraction of sp³-hybridized carbons (Fsp3) is 0.640. The van der Waals surface area contributed by atoms with Crippen molar-refractivity contribution in [1.29, 1.82) is 5.26 Å². The SMILES string of the molecule is COCCN(CCOC)C(=O)C[C@@H]1CN[C@H](C(=O)N2CCC[C@H]2C#N)C1.Cc1ccc(S(=O)(=O)O)cc1.